The second-order valence-electron chi connectivity index (χ2n) is 4.90. The second-order valence-corrected chi connectivity index (χ2v) is 7.37. The predicted molar refractivity (Wildman–Crippen MR) is 96.1 cm³/mol. The summed E-state index contributed by atoms with van der Waals surface area (Å²) < 4.78 is 42.2. The molecule has 132 valence electrons. The lowest BCUT2D eigenvalue weighted by molar-refractivity contribution is -0.111. The molecule has 0 aliphatic carbocycles. The van der Waals surface area contributed by atoms with Crippen LogP contribution in [-0.4, -0.2) is 21.4 Å². The first-order valence-corrected chi connectivity index (χ1v) is 9.19. The van der Waals surface area contributed by atoms with Gasteiger partial charge in [0, 0.05) is 16.1 Å². The number of primary sulfonamides is 1. The van der Waals surface area contributed by atoms with Gasteiger partial charge in [-0.2, -0.15) is 0 Å². The highest BCUT2D eigenvalue weighted by Crippen LogP contribution is 2.27. The predicted octanol–water partition coefficient (Wildman–Crippen LogP) is 2.90. The zero-order valence-electron chi connectivity index (χ0n) is 13.0. The molecular weight excluding hydrogens is 415 g/mol. The third kappa shape index (κ3) is 5.12. The number of nitrogens with one attached hydrogen (secondary N) is 1. The van der Waals surface area contributed by atoms with Crippen molar-refractivity contribution in [2.45, 2.75) is 4.90 Å². The first kappa shape index (κ1) is 19.1. The van der Waals surface area contributed by atoms with Gasteiger partial charge >= 0.3 is 0 Å². The monoisotopic (exact) mass is 428 g/mol. The van der Waals surface area contributed by atoms with Gasteiger partial charge in [-0.05, 0) is 42.5 Å². The molecule has 2 rings (SSSR count). The third-order valence-corrected chi connectivity index (χ3v) is 4.53. The molecule has 0 heterocycles. The summed E-state index contributed by atoms with van der Waals surface area (Å²) in [4.78, 5) is 11.9. The lowest BCUT2D eigenvalue weighted by atomic mass is 10.2. The van der Waals surface area contributed by atoms with Crippen molar-refractivity contribution in [1.82, 2.24) is 0 Å². The molecule has 0 atom stereocenters. The van der Waals surface area contributed by atoms with E-state index in [0.717, 1.165) is 6.08 Å². The molecule has 2 aromatic rings. The average molecular weight is 429 g/mol. The number of nitrogens with two attached hydrogens (primary N) is 1. The summed E-state index contributed by atoms with van der Waals surface area (Å²) in [6.45, 7) is 0. The Balaban J connectivity index is 2.25. The highest BCUT2D eigenvalue weighted by atomic mass is 79.9. The maximum absolute atomic E-state index is 13.6. The Hall–Kier alpha value is -2.23. The lowest BCUT2D eigenvalue weighted by Crippen LogP contribution is -2.14. The molecule has 1 amide bonds. The topological polar surface area (TPSA) is 98.5 Å². The van der Waals surface area contributed by atoms with E-state index in [2.05, 4.69) is 21.2 Å². The Bertz CT molecular complexity index is 945. The average Bonchev–Trinajstić information content (AvgIpc) is 2.54. The molecule has 0 aliphatic heterocycles. The summed E-state index contributed by atoms with van der Waals surface area (Å²) in [7, 11) is -2.56. The Morgan fingerprint density at radius 3 is 2.64 bits per heavy atom. The van der Waals surface area contributed by atoms with Crippen LogP contribution < -0.4 is 15.2 Å². The molecule has 0 aliphatic rings. The van der Waals surface area contributed by atoms with E-state index >= 15 is 0 Å². The molecule has 0 unspecified atom stereocenters. The van der Waals surface area contributed by atoms with E-state index in [0.29, 0.717) is 4.47 Å². The van der Waals surface area contributed by atoms with Gasteiger partial charge in [-0.25, -0.2) is 17.9 Å². The number of halogens is 2. The van der Waals surface area contributed by atoms with Gasteiger partial charge in [-0.1, -0.05) is 15.9 Å². The lowest BCUT2D eigenvalue weighted by Gasteiger charge is -2.10. The number of amides is 1. The molecule has 0 radical (unpaired) electrons. The van der Waals surface area contributed by atoms with Gasteiger partial charge in [0.2, 0.25) is 15.9 Å². The summed E-state index contributed by atoms with van der Waals surface area (Å²) in [6.07, 6.45) is 2.42. The van der Waals surface area contributed by atoms with Crippen LogP contribution in [0.15, 0.2) is 51.8 Å². The highest BCUT2D eigenvalue weighted by molar-refractivity contribution is 9.10. The van der Waals surface area contributed by atoms with Gasteiger partial charge < -0.3 is 10.1 Å². The molecule has 9 heteroatoms. The van der Waals surface area contributed by atoms with Crippen molar-refractivity contribution >= 4 is 43.6 Å². The summed E-state index contributed by atoms with van der Waals surface area (Å²) in [6, 6.07) is 8.13. The van der Waals surface area contributed by atoms with Gasteiger partial charge in [0.05, 0.1) is 17.7 Å². The van der Waals surface area contributed by atoms with Crippen LogP contribution in [-0.2, 0) is 14.8 Å². The molecule has 0 fully saturated rings. The van der Waals surface area contributed by atoms with Crippen LogP contribution in [0.1, 0.15) is 5.56 Å². The van der Waals surface area contributed by atoms with Crippen LogP contribution in [0, 0.1) is 5.82 Å². The fraction of sp³-hybridized carbons (Fsp3) is 0.0625. The van der Waals surface area contributed by atoms with Crippen molar-refractivity contribution in [2.24, 2.45) is 5.14 Å². The van der Waals surface area contributed by atoms with Crippen molar-refractivity contribution in [3.05, 3.63) is 58.3 Å². The summed E-state index contributed by atoms with van der Waals surface area (Å²) >= 11 is 3.22. The van der Waals surface area contributed by atoms with Crippen molar-refractivity contribution in [3.8, 4) is 5.75 Å². The van der Waals surface area contributed by atoms with Crippen LogP contribution in [0.4, 0.5) is 10.1 Å². The number of carbonyl (C=O) groups is 1. The third-order valence-electron chi connectivity index (χ3n) is 3.13. The zero-order valence-corrected chi connectivity index (χ0v) is 15.4. The van der Waals surface area contributed by atoms with Crippen LogP contribution in [0.5, 0.6) is 5.75 Å². The smallest absolute Gasteiger partial charge is 0.248 e. The molecule has 0 saturated heterocycles. The fourth-order valence-corrected chi connectivity index (χ4v) is 2.86. The minimum Gasteiger partial charge on any atom is -0.495 e. The van der Waals surface area contributed by atoms with Gasteiger partial charge in [-0.15, -0.1) is 0 Å². The largest absolute Gasteiger partial charge is 0.495 e. The van der Waals surface area contributed by atoms with Crippen LogP contribution >= 0.6 is 15.9 Å². The number of rotatable bonds is 5. The van der Waals surface area contributed by atoms with Crippen LogP contribution in [0.2, 0.25) is 0 Å². The van der Waals surface area contributed by atoms with Gasteiger partial charge in [0.15, 0.2) is 0 Å². The SMILES string of the molecule is COc1ccc(S(N)(=O)=O)cc1NC(=O)/C=C/c1cc(Br)ccc1F. The first-order chi connectivity index (χ1) is 11.7. The molecule has 0 spiro atoms. The van der Waals surface area contributed by atoms with E-state index < -0.39 is 21.7 Å². The fourth-order valence-electron chi connectivity index (χ4n) is 1.94. The summed E-state index contributed by atoms with van der Waals surface area (Å²) in [5, 5.41) is 7.55. The van der Waals surface area contributed by atoms with E-state index in [9.17, 15) is 17.6 Å². The summed E-state index contributed by atoms with van der Waals surface area (Å²) in [5.41, 5.74) is 0.341. The number of sulfonamides is 1. The van der Waals surface area contributed by atoms with E-state index in [1.165, 1.54) is 49.6 Å². The summed E-state index contributed by atoms with van der Waals surface area (Å²) in [5.74, 6) is -0.826. The Labute approximate surface area is 152 Å². The molecule has 2 aromatic carbocycles. The molecule has 25 heavy (non-hydrogen) atoms. The minimum atomic E-state index is -3.93. The van der Waals surface area contributed by atoms with Crippen molar-refractivity contribution in [2.75, 3.05) is 12.4 Å². The van der Waals surface area contributed by atoms with E-state index in [-0.39, 0.29) is 21.9 Å². The first-order valence-electron chi connectivity index (χ1n) is 6.85. The van der Waals surface area contributed by atoms with Crippen molar-refractivity contribution in [1.29, 1.82) is 0 Å². The Kier molecular flexibility index (Phi) is 5.93. The highest BCUT2D eigenvalue weighted by Gasteiger charge is 2.13. The quantitative estimate of drug-likeness (QED) is 0.715. The van der Waals surface area contributed by atoms with Crippen LogP contribution in [0.3, 0.4) is 0 Å². The van der Waals surface area contributed by atoms with Gasteiger partial charge in [-0.3, -0.25) is 4.79 Å². The van der Waals surface area contributed by atoms with Crippen LogP contribution in [0.25, 0.3) is 6.08 Å². The van der Waals surface area contributed by atoms with E-state index in [4.69, 9.17) is 9.88 Å². The Morgan fingerprint density at radius 2 is 2.00 bits per heavy atom. The molecule has 0 aromatic heterocycles. The molecule has 0 saturated carbocycles. The van der Waals surface area contributed by atoms with Crippen molar-refractivity contribution in [3.63, 3.8) is 0 Å². The maximum atomic E-state index is 13.6. The zero-order chi connectivity index (χ0) is 18.6. The Morgan fingerprint density at radius 1 is 1.28 bits per heavy atom. The number of ether oxygens (including phenoxy) is 1. The van der Waals surface area contributed by atoms with E-state index in [1.807, 2.05) is 0 Å². The number of carbonyl (C=O) groups excluding carboxylic acids is 1. The number of methoxy groups -OCH3 is 1. The van der Waals surface area contributed by atoms with Gasteiger partial charge in [0.25, 0.3) is 0 Å². The molecular formula is C16H14BrFN2O4S. The van der Waals surface area contributed by atoms with E-state index in [1.54, 1.807) is 0 Å². The normalized spacial score (nSPS) is 11.5. The molecule has 3 N–H and O–H groups in total. The standard InChI is InChI=1S/C16H14BrFN2O4S/c1-24-15-6-4-12(25(19,22)23)9-14(15)20-16(21)7-2-10-8-11(17)3-5-13(10)18/h2-9H,1H3,(H,20,21)(H2,19,22,23)/b7-2+. The van der Waals surface area contributed by atoms with Crippen molar-refractivity contribution < 1.29 is 22.3 Å². The van der Waals surface area contributed by atoms with Gasteiger partial charge in [0.1, 0.15) is 11.6 Å². The molecule has 0 bridgehead atoms. The second kappa shape index (κ2) is 7.77. The minimum absolute atomic E-state index is 0.124. The number of hydrogen-bond donors (Lipinski definition) is 2. The molecule has 6 nitrogen and oxygen atoms in total. The number of hydrogen-bond acceptors (Lipinski definition) is 4. The number of benzene rings is 2. The maximum Gasteiger partial charge on any atom is 0.248 e. The number of anilines is 1.